The topological polar surface area (TPSA) is 69.2 Å². The van der Waals surface area contributed by atoms with Crippen molar-refractivity contribution in [2.45, 2.75) is 6.92 Å². The lowest BCUT2D eigenvalue weighted by molar-refractivity contribution is 0.0969. The molecule has 0 atom stereocenters. The number of pyridine rings is 2. The third-order valence-electron chi connectivity index (χ3n) is 4.20. The van der Waals surface area contributed by atoms with E-state index in [0.717, 1.165) is 11.1 Å². The molecule has 0 fully saturated rings. The Kier molecular flexibility index (Phi) is 3.42. The maximum atomic E-state index is 12.9. The predicted molar refractivity (Wildman–Crippen MR) is 92.1 cm³/mol. The van der Waals surface area contributed by atoms with Crippen molar-refractivity contribution in [3.05, 3.63) is 76.7 Å². The number of aryl methyl sites for hydroxylation is 1. The molecule has 0 radical (unpaired) electrons. The second-order valence-corrected chi connectivity index (χ2v) is 5.87. The molecule has 0 saturated heterocycles. The second-order valence-electron chi connectivity index (χ2n) is 5.87. The zero-order chi connectivity index (χ0) is 17.6. The second kappa shape index (κ2) is 5.63. The van der Waals surface area contributed by atoms with Crippen molar-refractivity contribution in [2.75, 3.05) is 7.11 Å². The normalized spacial score (nSPS) is 12.6. The minimum atomic E-state index is -0.339. The maximum Gasteiger partial charge on any atom is 0.218 e. The lowest BCUT2D eigenvalue weighted by Crippen LogP contribution is -2.25. The van der Waals surface area contributed by atoms with Crippen molar-refractivity contribution in [3.63, 3.8) is 0 Å². The predicted octanol–water partition coefficient (Wildman–Crippen LogP) is 3.24. The number of methoxy groups -OCH3 is 1. The minimum absolute atomic E-state index is 0.114. The molecule has 0 saturated carbocycles. The Hall–Kier alpha value is -3.34. The molecule has 122 valence electrons. The Morgan fingerprint density at radius 3 is 2.44 bits per heavy atom. The zero-order valence-corrected chi connectivity index (χ0v) is 13.7. The summed E-state index contributed by atoms with van der Waals surface area (Å²) in [4.78, 5) is 34.4. The highest BCUT2D eigenvalue weighted by Gasteiger charge is 2.35. The monoisotopic (exact) mass is 330 g/mol. The van der Waals surface area contributed by atoms with Gasteiger partial charge in [-0.3, -0.25) is 14.6 Å². The molecule has 2 aromatic heterocycles. The molecule has 1 aromatic carbocycles. The summed E-state index contributed by atoms with van der Waals surface area (Å²) in [6.07, 6.45) is 1.58. The van der Waals surface area contributed by atoms with Gasteiger partial charge in [-0.2, -0.15) is 0 Å². The van der Waals surface area contributed by atoms with Crippen molar-refractivity contribution in [1.29, 1.82) is 0 Å². The molecular weight excluding hydrogens is 316 g/mol. The van der Waals surface area contributed by atoms with Crippen LogP contribution in [-0.4, -0.2) is 28.6 Å². The fourth-order valence-corrected chi connectivity index (χ4v) is 2.99. The molecular formula is C20H14N2O3. The van der Waals surface area contributed by atoms with Gasteiger partial charge >= 0.3 is 0 Å². The summed E-state index contributed by atoms with van der Waals surface area (Å²) in [7, 11) is 1.47. The average Bonchev–Trinajstić information content (AvgIpc) is 2.65. The van der Waals surface area contributed by atoms with E-state index in [9.17, 15) is 9.59 Å². The molecule has 0 bridgehead atoms. The molecule has 2 heterocycles. The molecule has 0 amide bonds. The highest BCUT2D eigenvalue weighted by molar-refractivity contribution is 6.28. The first-order valence-electron chi connectivity index (χ1n) is 7.80. The molecule has 1 aliphatic rings. The summed E-state index contributed by atoms with van der Waals surface area (Å²) in [5.74, 6) is -0.319. The van der Waals surface area contributed by atoms with Gasteiger partial charge in [-0.25, -0.2) is 4.98 Å². The van der Waals surface area contributed by atoms with Crippen LogP contribution < -0.4 is 4.74 Å². The Morgan fingerprint density at radius 2 is 1.72 bits per heavy atom. The fraction of sp³-hybridized carbons (Fsp3) is 0.100. The van der Waals surface area contributed by atoms with Gasteiger partial charge in [-0.15, -0.1) is 0 Å². The first-order valence-corrected chi connectivity index (χ1v) is 7.80. The summed E-state index contributed by atoms with van der Waals surface area (Å²) < 4.78 is 5.39. The summed E-state index contributed by atoms with van der Waals surface area (Å²) in [6, 6.07) is 12.8. The minimum Gasteiger partial charge on any atom is -0.496 e. The van der Waals surface area contributed by atoms with Crippen LogP contribution in [0, 0.1) is 6.92 Å². The highest BCUT2D eigenvalue weighted by Crippen LogP contribution is 2.34. The zero-order valence-electron chi connectivity index (χ0n) is 13.7. The summed E-state index contributed by atoms with van der Waals surface area (Å²) in [5, 5.41) is 0. The van der Waals surface area contributed by atoms with Crippen molar-refractivity contribution in [2.24, 2.45) is 0 Å². The third-order valence-corrected chi connectivity index (χ3v) is 4.20. The smallest absolute Gasteiger partial charge is 0.218 e. The summed E-state index contributed by atoms with van der Waals surface area (Å²) >= 11 is 0. The van der Waals surface area contributed by atoms with Crippen molar-refractivity contribution >= 4 is 11.6 Å². The van der Waals surface area contributed by atoms with Crippen LogP contribution in [0.25, 0.3) is 11.3 Å². The van der Waals surface area contributed by atoms with Crippen molar-refractivity contribution in [3.8, 4) is 17.0 Å². The lowest BCUT2D eigenvalue weighted by atomic mass is 9.88. The van der Waals surface area contributed by atoms with Crippen LogP contribution >= 0.6 is 0 Å². The van der Waals surface area contributed by atoms with E-state index in [1.165, 1.54) is 7.11 Å². The van der Waals surface area contributed by atoms with Crippen LogP contribution in [0.2, 0.25) is 0 Å². The Balaban J connectivity index is 1.98. The van der Waals surface area contributed by atoms with Crippen LogP contribution in [0.1, 0.15) is 37.7 Å². The SMILES string of the molecule is COc1cc(-c2ccccc2)nc2c1C(=O)c1ncc(C)cc1C2=O. The van der Waals surface area contributed by atoms with Crippen LogP contribution in [0.3, 0.4) is 0 Å². The molecule has 0 spiro atoms. The molecule has 5 heteroatoms. The van der Waals surface area contributed by atoms with Crippen molar-refractivity contribution in [1.82, 2.24) is 9.97 Å². The first-order chi connectivity index (χ1) is 12.1. The van der Waals surface area contributed by atoms with E-state index in [-0.39, 0.29) is 34.1 Å². The Labute approximate surface area is 144 Å². The Morgan fingerprint density at radius 1 is 0.960 bits per heavy atom. The van der Waals surface area contributed by atoms with Gasteiger partial charge in [0, 0.05) is 17.8 Å². The number of rotatable bonds is 2. The van der Waals surface area contributed by atoms with Crippen LogP contribution in [0.5, 0.6) is 5.75 Å². The number of ether oxygens (including phenoxy) is 1. The van der Waals surface area contributed by atoms with Crippen LogP contribution in [0.15, 0.2) is 48.7 Å². The standard InChI is InChI=1S/C20H14N2O3/c1-11-8-13-17(21-10-11)20(24)16-15(25-2)9-14(22-18(16)19(13)23)12-6-4-3-5-7-12/h3-10H,1-2H3. The molecule has 4 rings (SSSR count). The quantitative estimate of drug-likeness (QED) is 0.564. The first kappa shape index (κ1) is 15.2. The lowest BCUT2D eigenvalue weighted by Gasteiger charge is -2.19. The molecule has 1 aliphatic carbocycles. The highest BCUT2D eigenvalue weighted by atomic mass is 16.5. The molecule has 0 unspecified atom stereocenters. The summed E-state index contributed by atoms with van der Waals surface area (Å²) in [6.45, 7) is 1.83. The number of nitrogens with zero attached hydrogens (tertiary/aromatic N) is 2. The van der Waals surface area contributed by atoms with Crippen molar-refractivity contribution < 1.29 is 14.3 Å². The van der Waals surface area contributed by atoms with Gasteiger partial charge in [0.05, 0.1) is 23.9 Å². The largest absolute Gasteiger partial charge is 0.496 e. The average molecular weight is 330 g/mol. The van der Waals surface area contributed by atoms with E-state index in [0.29, 0.717) is 11.4 Å². The number of benzene rings is 1. The van der Waals surface area contributed by atoms with E-state index >= 15 is 0 Å². The molecule has 5 nitrogen and oxygen atoms in total. The third kappa shape index (κ3) is 2.32. The van der Waals surface area contributed by atoms with Gasteiger partial charge in [-0.1, -0.05) is 30.3 Å². The summed E-state index contributed by atoms with van der Waals surface area (Å²) in [5.41, 5.74) is 2.97. The number of fused-ring (bicyclic) bond motifs is 2. The Bertz CT molecular complexity index is 1030. The van der Waals surface area contributed by atoms with Crippen LogP contribution in [0.4, 0.5) is 0 Å². The van der Waals surface area contributed by atoms with Crippen LogP contribution in [-0.2, 0) is 0 Å². The van der Waals surface area contributed by atoms with E-state index in [1.807, 2.05) is 37.3 Å². The number of hydrogen-bond acceptors (Lipinski definition) is 5. The van der Waals surface area contributed by atoms with Gasteiger partial charge in [0.1, 0.15) is 17.1 Å². The van der Waals surface area contributed by atoms with Gasteiger partial charge in [-0.05, 0) is 18.6 Å². The number of hydrogen-bond donors (Lipinski definition) is 0. The fourth-order valence-electron chi connectivity index (χ4n) is 2.99. The maximum absolute atomic E-state index is 12.9. The number of aromatic nitrogens is 2. The van der Waals surface area contributed by atoms with Gasteiger partial charge in [0.25, 0.3) is 0 Å². The molecule has 0 aliphatic heterocycles. The van der Waals surface area contributed by atoms with Gasteiger partial charge in [0.15, 0.2) is 0 Å². The number of carbonyl (C=O) groups is 2. The van der Waals surface area contributed by atoms with E-state index in [1.54, 1.807) is 18.3 Å². The van der Waals surface area contributed by atoms with Gasteiger partial charge < -0.3 is 4.74 Å². The van der Waals surface area contributed by atoms with E-state index < -0.39 is 0 Å². The molecule has 25 heavy (non-hydrogen) atoms. The molecule has 0 N–H and O–H groups in total. The van der Waals surface area contributed by atoms with Gasteiger partial charge in [0.2, 0.25) is 11.6 Å². The molecule has 3 aromatic rings. The number of ketones is 2. The number of carbonyl (C=O) groups excluding carboxylic acids is 2. The van der Waals surface area contributed by atoms with E-state index in [4.69, 9.17) is 4.74 Å². The van der Waals surface area contributed by atoms with E-state index in [2.05, 4.69) is 9.97 Å².